The summed E-state index contributed by atoms with van der Waals surface area (Å²) in [6.45, 7) is 3.44. The summed E-state index contributed by atoms with van der Waals surface area (Å²) < 4.78 is 61.9. The van der Waals surface area contributed by atoms with Gasteiger partial charge in [0.25, 0.3) is 5.91 Å². The van der Waals surface area contributed by atoms with E-state index in [9.17, 15) is 18.0 Å². The lowest BCUT2D eigenvalue weighted by molar-refractivity contribution is -0.133. The van der Waals surface area contributed by atoms with E-state index in [1.54, 1.807) is 79.0 Å². The highest BCUT2D eigenvalue weighted by atomic mass is 32.2. The van der Waals surface area contributed by atoms with Crippen molar-refractivity contribution in [3.8, 4) is 22.6 Å². The lowest BCUT2D eigenvalue weighted by Crippen LogP contribution is -2.44. The molecule has 0 bridgehead atoms. The number of hydrogen-bond donors (Lipinski definition) is 2. The molecule has 0 aliphatic carbocycles. The van der Waals surface area contributed by atoms with E-state index in [0.717, 1.165) is 16.8 Å². The van der Waals surface area contributed by atoms with E-state index < -0.39 is 39.8 Å². The van der Waals surface area contributed by atoms with Crippen molar-refractivity contribution in [1.82, 2.24) is 15.0 Å². The van der Waals surface area contributed by atoms with Crippen molar-refractivity contribution in [1.29, 1.82) is 0 Å². The van der Waals surface area contributed by atoms with E-state index in [0.29, 0.717) is 23.6 Å². The number of halogens is 3. The number of alkyl halides is 3. The van der Waals surface area contributed by atoms with E-state index in [1.165, 1.54) is 11.9 Å². The van der Waals surface area contributed by atoms with Crippen LogP contribution in [-0.2, 0) is 15.9 Å². The van der Waals surface area contributed by atoms with Gasteiger partial charge in [-0.25, -0.2) is 4.39 Å². The minimum atomic E-state index is -3.33. The zero-order chi connectivity index (χ0) is 31.7. The van der Waals surface area contributed by atoms with Crippen LogP contribution in [0.4, 0.5) is 13.2 Å². The van der Waals surface area contributed by atoms with Gasteiger partial charge in [0, 0.05) is 18.3 Å². The molecule has 1 amide bonds. The Hall–Kier alpha value is -3.63. The molecule has 2 unspecified atom stereocenters. The SMILES string of the molecule is CC.CSNCc1ccc(-c2ccc(C(OP(Oc3ccccc3)Oc3ccccc3)C(CF)NC(=O)C(F)F)cc2)cn1. The van der Waals surface area contributed by atoms with Gasteiger partial charge in [0.05, 0.1) is 11.7 Å². The van der Waals surface area contributed by atoms with E-state index in [4.69, 9.17) is 13.6 Å². The third kappa shape index (κ3) is 10.8. The van der Waals surface area contributed by atoms with E-state index in [2.05, 4.69) is 15.0 Å². The maximum Gasteiger partial charge on any atom is 0.463 e. The summed E-state index contributed by atoms with van der Waals surface area (Å²) in [6, 6.07) is 26.7. The second-order valence-electron chi connectivity index (χ2n) is 8.81. The molecule has 0 saturated carbocycles. The molecular formula is C32H35F3N3O4PS. The van der Waals surface area contributed by atoms with Crippen molar-refractivity contribution in [3.63, 3.8) is 0 Å². The molecule has 1 aromatic heterocycles. The van der Waals surface area contributed by atoms with Crippen molar-refractivity contribution in [2.24, 2.45) is 0 Å². The summed E-state index contributed by atoms with van der Waals surface area (Å²) >= 11 is 1.50. The molecule has 2 atom stereocenters. The molecule has 12 heteroatoms. The summed E-state index contributed by atoms with van der Waals surface area (Å²) in [7, 11) is -2.24. The van der Waals surface area contributed by atoms with E-state index in [1.807, 2.05) is 44.4 Å². The molecule has 0 radical (unpaired) electrons. The van der Waals surface area contributed by atoms with Crippen LogP contribution in [0.25, 0.3) is 11.1 Å². The Morgan fingerprint density at radius 2 is 1.43 bits per heavy atom. The van der Waals surface area contributed by atoms with E-state index >= 15 is 0 Å². The third-order valence-corrected chi connectivity index (χ3v) is 7.45. The molecule has 0 fully saturated rings. The maximum atomic E-state index is 14.4. The predicted molar refractivity (Wildman–Crippen MR) is 170 cm³/mol. The molecule has 0 saturated heterocycles. The number of rotatable bonds is 15. The van der Waals surface area contributed by atoms with Crippen molar-refractivity contribution in [2.75, 3.05) is 12.9 Å². The summed E-state index contributed by atoms with van der Waals surface area (Å²) in [4.78, 5) is 16.4. The lowest BCUT2D eigenvalue weighted by Gasteiger charge is -2.29. The molecule has 0 spiro atoms. The van der Waals surface area contributed by atoms with Gasteiger partial charge in [-0.1, -0.05) is 92.5 Å². The van der Waals surface area contributed by atoms with Gasteiger partial charge >= 0.3 is 15.0 Å². The number of nitrogens with zero attached hydrogens (tertiary/aromatic N) is 1. The molecular weight excluding hydrogens is 610 g/mol. The van der Waals surface area contributed by atoms with Crippen LogP contribution in [0, 0.1) is 0 Å². The zero-order valence-electron chi connectivity index (χ0n) is 24.5. The van der Waals surface area contributed by atoms with Crippen LogP contribution in [0.1, 0.15) is 31.2 Å². The first-order valence-corrected chi connectivity index (χ1v) is 16.2. The van der Waals surface area contributed by atoms with Crippen molar-refractivity contribution < 1.29 is 31.5 Å². The number of para-hydroxylation sites is 2. The number of aromatic nitrogens is 1. The fourth-order valence-corrected chi connectivity index (χ4v) is 5.27. The van der Waals surface area contributed by atoms with Gasteiger partial charge < -0.3 is 14.4 Å². The Morgan fingerprint density at radius 1 is 0.864 bits per heavy atom. The Morgan fingerprint density at radius 3 is 1.91 bits per heavy atom. The van der Waals surface area contributed by atoms with Gasteiger partial charge in [-0.05, 0) is 47.7 Å². The largest absolute Gasteiger partial charge is 0.463 e. The molecule has 0 aliphatic rings. The van der Waals surface area contributed by atoms with Crippen molar-refractivity contribution >= 4 is 26.5 Å². The molecule has 1 heterocycles. The van der Waals surface area contributed by atoms with Gasteiger partial charge in [-0.3, -0.25) is 19.0 Å². The van der Waals surface area contributed by atoms with Gasteiger partial charge in [0.2, 0.25) is 0 Å². The first-order chi connectivity index (χ1) is 21.5. The number of carbonyl (C=O) groups is 1. The van der Waals surface area contributed by atoms with Crippen LogP contribution < -0.4 is 19.1 Å². The van der Waals surface area contributed by atoms with Gasteiger partial charge in [-0.2, -0.15) is 8.78 Å². The third-order valence-electron chi connectivity index (χ3n) is 5.90. The standard InChI is InChI=1S/C30H29F3N3O4PS.C2H6/c1-42-35-20-24-17-16-23(19-34-24)21-12-14-22(15-13-21)28(27(18-31)36-30(37)29(32)33)40-41(38-25-8-4-2-5-9-25)39-26-10-6-3-7-11-26;1-2/h2-17,19,27-29,35H,18,20H2,1H3,(H,36,37);1-2H3. The summed E-state index contributed by atoms with van der Waals surface area (Å²) in [5, 5.41) is 2.06. The van der Waals surface area contributed by atoms with E-state index in [-0.39, 0.29) is 0 Å². The highest BCUT2D eigenvalue weighted by Gasteiger charge is 2.34. The molecule has 4 rings (SSSR count). The number of nitrogens with one attached hydrogen (secondary N) is 2. The molecule has 4 aromatic rings. The Bertz CT molecular complexity index is 1330. The monoisotopic (exact) mass is 645 g/mol. The number of amides is 1. The quantitative estimate of drug-likeness (QED) is 0.0995. The zero-order valence-corrected chi connectivity index (χ0v) is 26.2. The number of carbonyl (C=O) groups excluding carboxylic acids is 1. The predicted octanol–water partition coefficient (Wildman–Crippen LogP) is 8.30. The maximum absolute atomic E-state index is 14.4. The number of hydrogen-bond acceptors (Lipinski definition) is 7. The Balaban J connectivity index is 0.00000259. The van der Waals surface area contributed by atoms with Crippen molar-refractivity contribution in [2.45, 2.75) is 39.0 Å². The number of benzene rings is 3. The highest BCUT2D eigenvalue weighted by molar-refractivity contribution is 7.96. The number of pyridine rings is 1. The van der Waals surface area contributed by atoms with Gasteiger partial charge in [0.15, 0.2) is 0 Å². The van der Waals surface area contributed by atoms with Gasteiger partial charge in [0.1, 0.15) is 24.3 Å². The summed E-state index contributed by atoms with van der Waals surface area (Å²) in [6.07, 6.45) is -0.881. The van der Waals surface area contributed by atoms with Crippen molar-refractivity contribution in [3.05, 3.63) is 115 Å². The van der Waals surface area contributed by atoms with Crippen LogP contribution in [0.15, 0.2) is 103 Å². The second kappa shape index (κ2) is 18.9. The smallest absolute Gasteiger partial charge is 0.418 e. The molecule has 44 heavy (non-hydrogen) atoms. The van der Waals surface area contributed by atoms with Gasteiger partial charge in [-0.15, -0.1) is 0 Å². The molecule has 7 nitrogen and oxygen atoms in total. The van der Waals surface area contributed by atoms with Crippen LogP contribution in [0.5, 0.6) is 11.5 Å². The fraction of sp³-hybridized carbons (Fsp3) is 0.250. The summed E-state index contributed by atoms with van der Waals surface area (Å²) in [5.74, 6) is -0.765. The first-order valence-electron chi connectivity index (χ1n) is 13.9. The first kappa shape index (κ1) is 34.9. The second-order valence-corrected chi connectivity index (χ2v) is 10.5. The Kier molecular flexibility index (Phi) is 15.0. The average Bonchev–Trinajstić information content (AvgIpc) is 3.07. The highest BCUT2D eigenvalue weighted by Crippen LogP contribution is 2.46. The fourth-order valence-electron chi connectivity index (χ4n) is 3.81. The lowest BCUT2D eigenvalue weighted by atomic mass is 9.99. The molecule has 3 aromatic carbocycles. The van der Waals surface area contributed by atoms with Crippen LogP contribution in [0.3, 0.4) is 0 Å². The topological polar surface area (TPSA) is 81.7 Å². The molecule has 234 valence electrons. The Labute approximate surface area is 261 Å². The average molecular weight is 646 g/mol. The minimum absolute atomic E-state index is 0.422. The minimum Gasteiger partial charge on any atom is -0.418 e. The molecule has 0 aliphatic heterocycles. The normalized spacial score (nSPS) is 12.2. The van der Waals surface area contributed by atoms with Crippen LogP contribution in [-0.4, -0.2) is 36.3 Å². The summed E-state index contributed by atoms with van der Waals surface area (Å²) in [5.41, 5.74) is 2.97. The molecule has 2 N–H and O–H groups in total. The van der Waals surface area contributed by atoms with Crippen LogP contribution in [0.2, 0.25) is 0 Å². The van der Waals surface area contributed by atoms with Crippen LogP contribution >= 0.6 is 20.6 Å².